The van der Waals surface area contributed by atoms with Gasteiger partial charge in [-0.1, -0.05) is 93.3 Å². The van der Waals surface area contributed by atoms with E-state index in [1.807, 2.05) is 24.3 Å². The van der Waals surface area contributed by atoms with Crippen molar-refractivity contribution < 1.29 is 4.39 Å². The van der Waals surface area contributed by atoms with E-state index in [1.165, 1.54) is 63.0 Å². The molecule has 0 aromatic heterocycles. The number of halogens is 1. The fraction of sp³-hybridized carbons (Fsp3) is 0.367. The second-order valence-electron chi connectivity index (χ2n) is 9.16. The van der Waals surface area contributed by atoms with E-state index in [4.69, 9.17) is 0 Å². The summed E-state index contributed by atoms with van der Waals surface area (Å²) in [6, 6.07) is 23.7. The second kappa shape index (κ2) is 10.6. The predicted molar refractivity (Wildman–Crippen MR) is 131 cm³/mol. The molecule has 0 bridgehead atoms. The monoisotopic (exact) mass is 425 g/mol. The maximum Gasteiger partial charge on any atom is 0.148 e. The molecule has 1 aliphatic carbocycles. The van der Waals surface area contributed by atoms with Crippen molar-refractivity contribution in [2.45, 2.75) is 64.2 Å². The maximum absolute atomic E-state index is 14.9. The molecule has 32 heavy (non-hydrogen) atoms. The van der Waals surface area contributed by atoms with Crippen molar-refractivity contribution >= 4 is 0 Å². The Hall–Kier alpha value is -2.92. The molecule has 3 aromatic rings. The summed E-state index contributed by atoms with van der Waals surface area (Å²) in [6.45, 7) is 2.27. The zero-order valence-electron chi connectivity index (χ0n) is 19.0. The molecule has 0 saturated heterocycles. The normalized spacial score (nSPS) is 18.3. The second-order valence-corrected chi connectivity index (χ2v) is 9.16. The van der Waals surface area contributed by atoms with Crippen LogP contribution in [0.3, 0.4) is 0 Å². The summed E-state index contributed by atoms with van der Waals surface area (Å²) < 4.78 is 14.9. The highest BCUT2D eigenvalue weighted by atomic mass is 19.1. The standard InChI is InChI=1S/C30H32FN/c1-2-3-4-9-22-16-18-23(19-17-22)24-10-7-11-25(20-24)27-13-5-6-14-28(27)29-15-8-12-26(21-32)30(29)31/h5-8,10-15,20,22-23H,2-4,9,16-19H2,1H3. The van der Waals surface area contributed by atoms with Crippen molar-refractivity contribution in [1.82, 2.24) is 0 Å². The molecule has 0 aliphatic heterocycles. The van der Waals surface area contributed by atoms with E-state index >= 15 is 0 Å². The average Bonchev–Trinajstić information content (AvgIpc) is 2.85. The molecule has 0 atom stereocenters. The Bertz CT molecular complexity index is 1090. The number of benzene rings is 3. The van der Waals surface area contributed by atoms with Gasteiger partial charge in [-0.05, 0) is 65.8 Å². The van der Waals surface area contributed by atoms with Gasteiger partial charge in [-0.3, -0.25) is 0 Å². The average molecular weight is 426 g/mol. The summed E-state index contributed by atoms with van der Waals surface area (Å²) >= 11 is 0. The lowest BCUT2D eigenvalue weighted by atomic mass is 9.76. The van der Waals surface area contributed by atoms with Gasteiger partial charge in [0.15, 0.2) is 0 Å². The molecule has 1 saturated carbocycles. The predicted octanol–water partition coefficient (Wildman–Crippen LogP) is 8.89. The molecule has 1 aliphatic rings. The van der Waals surface area contributed by atoms with Gasteiger partial charge in [0.05, 0.1) is 5.56 Å². The molecule has 0 N–H and O–H groups in total. The summed E-state index contributed by atoms with van der Waals surface area (Å²) in [6.07, 6.45) is 10.6. The van der Waals surface area contributed by atoms with Crippen LogP contribution in [0.1, 0.15) is 75.3 Å². The van der Waals surface area contributed by atoms with Crippen LogP contribution < -0.4 is 0 Å². The van der Waals surface area contributed by atoms with Gasteiger partial charge in [0, 0.05) is 5.56 Å². The van der Waals surface area contributed by atoms with E-state index < -0.39 is 5.82 Å². The lowest BCUT2D eigenvalue weighted by Crippen LogP contribution is -2.13. The third kappa shape index (κ3) is 4.94. The molecule has 0 spiro atoms. The minimum Gasteiger partial charge on any atom is -0.205 e. The summed E-state index contributed by atoms with van der Waals surface area (Å²) in [5.74, 6) is 1.07. The molecular weight excluding hydrogens is 393 g/mol. The molecule has 164 valence electrons. The molecule has 0 heterocycles. The van der Waals surface area contributed by atoms with Gasteiger partial charge in [-0.25, -0.2) is 4.39 Å². The van der Waals surface area contributed by atoms with Crippen molar-refractivity contribution in [3.8, 4) is 28.3 Å². The van der Waals surface area contributed by atoms with Gasteiger partial charge in [0.2, 0.25) is 0 Å². The van der Waals surface area contributed by atoms with Crippen LogP contribution >= 0.6 is 0 Å². The lowest BCUT2D eigenvalue weighted by molar-refractivity contribution is 0.303. The molecule has 4 rings (SSSR count). The van der Waals surface area contributed by atoms with Crippen molar-refractivity contribution in [1.29, 1.82) is 5.26 Å². The molecule has 0 amide bonds. The first-order chi connectivity index (χ1) is 15.7. The number of unbranched alkanes of at least 4 members (excludes halogenated alkanes) is 2. The number of hydrogen-bond acceptors (Lipinski definition) is 1. The molecule has 1 fully saturated rings. The summed E-state index contributed by atoms with van der Waals surface area (Å²) in [7, 11) is 0. The van der Waals surface area contributed by atoms with Crippen LogP contribution in [-0.2, 0) is 0 Å². The van der Waals surface area contributed by atoms with Crippen molar-refractivity contribution in [2.24, 2.45) is 5.92 Å². The van der Waals surface area contributed by atoms with E-state index in [9.17, 15) is 9.65 Å². The van der Waals surface area contributed by atoms with Gasteiger partial charge >= 0.3 is 0 Å². The first-order valence-electron chi connectivity index (χ1n) is 12.1. The Morgan fingerprint density at radius 3 is 2.31 bits per heavy atom. The maximum atomic E-state index is 14.9. The Morgan fingerprint density at radius 2 is 1.56 bits per heavy atom. The van der Waals surface area contributed by atoms with Gasteiger partial charge in [-0.2, -0.15) is 5.26 Å². The van der Waals surface area contributed by atoms with Crippen LogP contribution in [0.25, 0.3) is 22.3 Å². The SMILES string of the molecule is CCCCCC1CCC(c2cccc(-c3ccccc3-c3cccc(C#N)c3F)c2)CC1. The highest BCUT2D eigenvalue weighted by molar-refractivity contribution is 5.84. The molecular formula is C30H32FN. The van der Waals surface area contributed by atoms with Crippen LogP contribution in [0.2, 0.25) is 0 Å². The third-order valence-electron chi connectivity index (χ3n) is 7.07. The fourth-order valence-corrected chi connectivity index (χ4v) is 5.22. The van der Waals surface area contributed by atoms with Crippen molar-refractivity contribution in [3.05, 3.63) is 83.7 Å². The van der Waals surface area contributed by atoms with E-state index in [1.54, 1.807) is 12.1 Å². The van der Waals surface area contributed by atoms with E-state index in [0.717, 1.165) is 22.6 Å². The number of nitriles is 1. The first-order valence-corrected chi connectivity index (χ1v) is 12.1. The minimum atomic E-state index is -0.444. The minimum absolute atomic E-state index is 0.0850. The summed E-state index contributed by atoms with van der Waals surface area (Å²) in [4.78, 5) is 0. The van der Waals surface area contributed by atoms with Crippen LogP contribution in [0.5, 0.6) is 0 Å². The van der Waals surface area contributed by atoms with Crippen molar-refractivity contribution in [2.75, 3.05) is 0 Å². The van der Waals surface area contributed by atoms with E-state index in [-0.39, 0.29) is 5.56 Å². The van der Waals surface area contributed by atoms with Crippen LogP contribution in [0.4, 0.5) is 4.39 Å². The molecule has 2 heteroatoms. The number of rotatable bonds is 7. The Balaban J connectivity index is 1.57. The van der Waals surface area contributed by atoms with Crippen molar-refractivity contribution in [3.63, 3.8) is 0 Å². The fourth-order valence-electron chi connectivity index (χ4n) is 5.22. The van der Waals surface area contributed by atoms with Gasteiger partial charge in [-0.15, -0.1) is 0 Å². The molecule has 3 aromatic carbocycles. The van der Waals surface area contributed by atoms with Gasteiger partial charge in [0.25, 0.3) is 0 Å². The molecule has 0 radical (unpaired) electrons. The highest BCUT2D eigenvalue weighted by Crippen LogP contribution is 2.40. The van der Waals surface area contributed by atoms with Gasteiger partial charge in [0.1, 0.15) is 11.9 Å². The highest BCUT2D eigenvalue weighted by Gasteiger charge is 2.22. The zero-order valence-corrected chi connectivity index (χ0v) is 19.0. The molecule has 1 nitrogen and oxygen atoms in total. The number of nitrogens with zero attached hydrogens (tertiary/aromatic N) is 1. The quantitative estimate of drug-likeness (QED) is 0.347. The molecule has 0 unspecified atom stereocenters. The van der Waals surface area contributed by atoms with Crippen LogP contribution in [0, 0.1) is 23.1 Å². The Kier molecular flexibility index (Phi) is 7.38. The van der Waals surface area contributed by atoms with Crippen LogP contribution in [0.15, 0.2) is 66.7 Å². The van der Waals surface area contributed by atoms with Gasteiger partial charge < -0.3 is 0 Å². The van der Waals surface area contributed by atoms with E-state index in [0.29, 0.717) is 11.5 Å². The van der Waals surface area contributed by atoms with Crippen LogP contribution in [-0.4, -0.2) is 0 Å². The third-order valence-corrected chi connectivity index (χ3v) is 7.07. The summed E-state index contributed by atoms with van der Waals surface area (Å²) in [5.41, 5.74) is 4.93. The Labute approximate surface area is 191 Å². The lowest BCUT2D eigenvalue weighted by Gasteiger charge is -2.29. The van der Waals surface area contributed by atoms with E-state index in [2.05, 4.69) is 37.3 Å². The largest absolute Gasteiger partial charge is 0.205 e. The first kappa shape index (κ1) is 22.3. The Morgan fingerprint density at radius 1 is 0.844 bits per heavy atom. The number of hydrogen-bond donors (Lipinski definition) is 0. The zero-order chi connectivity index (χ0) is 22.3. The topological polar surface area (TPSA) is 23.8 Å². The summed E-state index contributed by atoms with van der Waals surface area (Å²) in [5, 5.41) is 9.25. The smallest absolute Gasteiger partial charge is 0.148 e.